The zero-order valence-corrected chi connectivity index (χ0v) is 37.2. The van der Waals surface area contributed by atoms with Gasteiger partial charge in [0.25, 0.3) is 0 Å². The minimum atomic E-state index is 0.923. The Morgan fingerprint density at radius 3 is 0.824 bits per heavy atom. The molecule has 0 unspecified atom stereocenters. The van der Waals surface area contributed by atoms with Gasteiger partial charge in [0.2, 0.25) is 0 Å². The molecule has 68 heavy (non-hydrogen) atoms. The first kappa shape index (κ1) is 40.4. The van der Waals surface area contributed by atoms with Crippen LogP contribution in [0, 0.1) is 0 Å². The second kappa shape index (κ2) is 17.7. The van der Waals surface area contributed by atoms with E-state index in [-0.39, 0.29) is 0 Å². The Balaban J connectivity index is 0.985. The van der Waals surface area contributed by atoms with Gasteiger partial charge in [0, 0.05) is 56.0 Å². The van der Waals surface area contributed by atoms with Gasteiger partial charge in [-0.15, -0.1) is 0 Å². The van der Waals surface area contributed by atoms with Crippen LogP contribution in [0.1, 0.15) is 0 Å². The molecule has 2 heterocycles. The van der Waals surface area contributed by atoms with Crippen LogP contribution in [-0.4, -0.2) is 9.97 Å². The van der Waals surface area contributed by atoms with Crippen molar-refractivity contribution in [3.63, 3.8) is 0 Å². The number of benzene rings is 10. The fourth-order valence-corrected chi connectivity index (χ4v) is 9.63. The lowest BCUT2D eigenvalue weighted by Gasteiger charge is -2.25. The lowest BCUT2D eigenvalue weighted by Crippen LogP contribution is -2.09. The largest absolute Gasteiger partial charge is 0.311 e. The second-order valence-electron chi connectivity index (χ2n) is 17.0. The summed E-state index contributed by atoms with van der Waals surface area (Å²) in [6.07, 6.45) is 0. The van der Waals surface area contributed by atoms with Gasteiger partial charge in [-0.1, -0.05) is 170 Å². The molecule has 0 bridgehead atoms. The molecule has 0 radical (unpaired) electrons. The fourth-order valence-electron chi connectivity index (χ4n) is 9.63. The van der Waals surface area contributed by atoms with E-state index < -0.39 is 0 Å². The molecule has 320 valence electrons. The van der Waals surface area contributed by atoms with Crippen molar-refractivity contribution in [1.82, 2.24) is 9.97 Å². The average Bonchev–Trinajstić information content (AvgIpc) is 3.42. The molecule has 0 N–H and O–H groups in total. The number of para-hydroxylation sites is 4. The summed E-state index contributed by atoms with van der Waals surface area (Å²) in [5.41, 5.74) is 17.0. The number of pyridine rings is 2. The van der Waals surface area contributed by atoms with Gasteiger partial charge in [-0.3, -0.25) is 0 Å². The number of fused-ring (bicyclic) bond motifs is 5. The molecule has 0 spiro atoms. The monoisotopic (exact) mass is 868 g/mol. The molecule has 0 atom stereocenters. The van der Waals surface area contributed by atoms with E-state index in [4.69, 9.17) is 9.97 Å². The highest BCUT2D eigenvalue weighted by Crippen LogP contribution is 2.43. The van der Waals surface area contributed by atoms with E-state index in [1.807, 2.05) is 0 Å². The Bertz CT molecular complexity index is 3350. The SMILES string of the molecule is c1ccc(-c2cc(-c3ccc(N(c4ccccc4)c4ccccc4)cc3)nc3ccc4c(ccc5nc(-c6ccc(N(c7ccccc7)c7ccccc7)cc6)cc(-c6ccccc6)c54)c23)cc1. The van der Waals surface area contributed by atoms with Crippen molar-refractivity contribution >= 4 is 66.7 Å². The Morgan fingerprint density at radius 1 is 0.235 bits per heavy atom. The smallest absolute Gasteiger partial charge is 0.0722 e. The van der Waals surface area contributed by atoms with Crippen LogP contribution in [0.25, 0.3) is 77.3 Å². The van der Waals surface area contributed by atoms with Gasteiger partial charge in [-0.2, -0.15) is 0 Å². The highest BCUT2D eigenvalue weighted by Gasteiger charge is 2.19. The number of hydrogen-bond acceptors (Lipinski definition) is 4. The molecule has 4 nitrogen and oxygen atoms in total. The molecular weight excluding hydrogens is 825 g/mol. The molecule has 2 aromatic heterocycles. The van der Waals surface area contributed by atoms with Crippen LogP contribution in [0.15, 0.2) is 267 Å². The van der Waals surface area contributed by atoms with Crippen molar-refractivity contribution in [3.05, 3.63) is 267 Å². The van der Waals surface area contributed by atoms with Gasteiger partial charge in [0.15, 0.2) is 0 Å². The van der Waals surface area contributed by atoms with E-state index in [1.54, 1.807) is 0 Å². The predicted molar refractivity (Wildman–Crippen MR) is 286 cm³/mol. The fraction of sp³-hybridized carbons (Fsp3) is 0. The van der Waals surface area contributed by atoms with Crippen LogP contribution in [0.4, 0.5) is 34.1 Å². The third-order valence-electron chi connectivity index (χ3n) is 12.8. The van der Waals surface area contributed by atoms with E-state index in [0.717, 1.165) is 111 Å². The van der Waals surface area contributed by atoms with E-state index in [9.17, 15) is 0 Å². The number of anilines is 6. The molecule has 0 aliphatic carbocycles. The van der Waals surface area contributed by atoms with Crippen molar-refractivity contribution in [2.45, 2.75) is 0 Å². The van der Waals surface area contributed by atoms with Crippen LogP contribution in [0.2, 0.25) is 0 Å². The summed E-state index contributed by atoms with van der Waals surface area (Å²) in [7, 11) is 0. The first-order chi connectivity index (χ1) is 33.7. The van der Waals surface area contributed by atoms with Crippen LogP contribution < -0.4 is 9.80 Å². The maximum Gasteiger partial charge on any atom is 0.0722 e. The molecule has 0 saturated carbocycles. The second-order valence-corrected chi connectivity index (χ2v) is 17.0. The number of aromatic nitrogens is 2. The molecule has 12 rings (SSSR count). The van der Waals surface area contributed by atoms with Crippen molar-refractivity contribution in [1.29, 1.82) is 0 Å². The molecule has 0 aliphatic heterocycles. The molecule has 10 aromatic carbocycles. The standard InChI is InChI=1S/C64H44N4/c1-7-19-45(20-8-1)57-43-61(47-31-35-53(36-32-47)67(49-23-11-3-12-24-49)50-25-13-4-14-26-50)65-59-41-40-56-55(63(57)59)39-42-60-64(56)58(46-21-9-2-10-22-46)44-62(66-60)48-33-37-54(38-34-48)68(51-27-15-5-16-28-51)52-29-17-6-18-30-52/h1-44H. The van der Waals surface area contributed by atoms with Crippen molar-refractivity contribution in [2.24, 2.45) is 0 Å². The summed E-state index contributed by atoms with van der Waals surface area (Å²) < 4.78 is 0. The minimum Gasteiger partial charge on any atom is -0.311 e. The van der Waals surface area contributed by atoms with E-state index in [1.165, 1.54) is 0 Å². The van der Waals surface area contributed by atoms with Gasteiger partial charge >= 0.3 is 0 Å². The lowest BCUT2D eigenvalue weighted by atomic mass is 9.90. The summed E-state index contributed by atoms with van der Waals surface area (Å²) >= 11 is 0. The highest BCUT2D eigenvalue weighted by molar-refractivity contribution is 6.23. The maximum absolute atomic E-state index is 5.41. The Labute approximate surface area is 396 Å². The van der Waals surface area contributed by atoms with Crippen molar-refractivity contribution < 1.29 is 0 Å². The predicted octanol–water partition coefficient (Wildman–Crippen LogP) is 17.5. The quantitative estimate of drug-likeness (QED) is 0.128. The van der Waals surface area contributed by atoms with Crippen molar-refractivity contribution in [2.75, 3.05) is 9.80 Å². The zero-order valence-electron chi connectivity index (χ0n) is 37.2. The highest BCUT2D eigenvalue weighted by atomic mass is 15.1. The number of hydrogen-bond donors (Lipinski definition) is 0. The van der Waals surface area contributed by atoms with Gasteiger partial charge in [-0.25, -0.2) is 9.97 Å². The summed E-state index contributed by atoms with van der Waals surface area (Å²) in [6, 6.07) is 94.4. The first-order valence-corrected chi connectivity index (χ1v) is 23.1. The summed E-state index contributed by atoms with van der Waals surface area (Å²) in [5.74, 6) is 0. The van der Waals surface area contributed by atoms with E-state index in [2.05, 4.69) is 277 Å². The normalized spacial score (nSPS) is 11.2. The average molecular weight is 869 g/mol. The van der Waals surface area contributed by atoms with Crippen LogP contribution in [0.3, 0.4) is 0 Å². The van der Waals surface area contributed by atoms with Gasteiger partial charge in [-0.05, 0) is 130 Å². The topological polar surface area (TPSA) is 32.3 Å². The Morgan fingerprint density at radius 2 is 0.515 bits per heavy atom. The van der Waals surface area contributed by atoms with Gasteiger partial charge < -0.3 is 9.80 Å². The van der Waals surface area contributed by atoms with Crippen LogP contribution in [0.5, 0.6) is 0 Å². The Kier molecular flexibility index (Phi) is 10.5. The molecule has 0 saturated heterocycles. The molecular formula is C64H44N4. The maximum atomic E-state index is 5.41. The molecule has 0 amide bonds. The van der Waals surface area contributed by atoms with Crippen LogP contribution >= 0.6 is 0 Å². The van der Waals surface area contributed by atoms with E-state index >= 15 is 0 Å². The molecule has 12 aromatic rings. The van der Waals surface area contributed by atoms with Gasteiger partial charge in [0.05, 0.1) is 22.4 Å². The third-order valence-corrected chi connectivity index (χ3v) is 12.8. The van der Waals surface area contributed by atoms with E-state index in [0.29, 0.717) is 0 Å². The molecule has 4 heteroatoms. The summed E-state index contributed by atoms with van der Waals surface area (Å²) in [5, 5.41) is 4.52. The van der Waals surface area contributed by atoms with Gasteiger partial charge in [0.1, 0.15) is 0 Å². The molecule has 0 aliphatic rings. The van der Waals surface area contributed by atoms with Crippen LogP contribution in [-0.2, 0) is 0 Å². The zero-order chi connectivity index (χ0) is 45.2. The number of nitrogens with zero attached hydrogens (tertiary/aromatic N) is 4. The number of rotatable bonds is 10. The first-order valence-electron chi connectivity index (χ1n) is 23.1. The lowest BCUT2D eigenvalue weighted by molar-refractivity contribution is 1.28. The summed E-state index contributed by atoms with van der Waals surface area (Å²) in [6.45, 7) is 0. The third kappa shape index (κ3) is 7.60. The summed E-state index contributed by atoms with van der Waals surface area (Å²) in [4.78, 5) is 15.4. The Hall–Kier alpha value is -9.12. The van der Waals surface area contributed by atoms with Crippen molar-refractivity contribution in [3.8, 4) is 44.8 Å². The molecule has 0 fully saturated rings. The minimum absolute atomic E-state index is 0.923.